The zero-order valence-electron chi connectivity index (χ0n) is 10.9. The Labute approximate surface area is 120 Å². The molecule has 2 rings (SSSR count). The molecule has 3 N–H and O–H groups in total. The monoisotopic (exact) mass is 316 g/mol. The van der Waals surface area contributed by atoms with Crippen molar-refractivity contribution in [3.8, 4) is 0 Å². The molecule has 0 saturated heterocycles. The second-order valence-corrected chi connectivity index (χ2v) is 6.15. The summed E-state index contributed by atoms with van der Waals surface area (Å²) in [6.07, 6.45) is 3.10. The van der Waals surface area contributed by atoms with Crippen molar-refractivity contribution < 1.29 is 17.2 Å². The number of alkyl halides is 2. The molecule has 0 saturated carbocycles. The lowest BCUT2D eigenvalue weighted by Crippen LogP contribution is -2.16. The van der Waals surface area contributed by atoms with Crippen molar-refractivity contribution in [2.45, 2.75) is 17.2 Å². The Morgan fingerprint density at radius 2 is 2.05 bits per heavy atom. The highest BCUT2D eigenvalue weighted by Crippen LogP contribution is 2.25. The van der Waals surface area contributed by atoms with Gasteiger partial charge in [-0.3, -0.25) is 4.68 Å². The van der Waals surface area contributed by atoms with Crippen molar-refractivity contribution in [1.29, 1.82) is 0 Å². The molecule has 0 aliphatic rings. The van der Waals surface area contributed by atoms with Crippen LogP contribution in [0.1, 0.15) is 0 Å². The van der Waals surface area contributed by atoms with Gasteiger partial charge in [-0.25, -0.2) is 8.42 Å². The Kier molecular flexibility index (Phi) is 4.41. The van der Waals surface area contributed by atoms with Crippen molar-refractivity contribution in [3.63, 3.8) is 0 Å². The normalized spacial score (nSPS) is 11.8. The number of benzene rings is 1. The number of nitrogens with two attached hydrogens (primary N) is 1. The molecule has 9 heteroatoms. The zero-order valence-corrected chi connectivity index (χ0v) is 11.7. The van der Waals surface area contributed by atoms with Gasteiger partial charge in [0.05, 0.1) is 29.0 Å². The summed E-state index contributed by atoms with van der Waals surface area (Å²) in [6.45, 7) is 0.733. The van der Waals surface area contributed by atoms with Gasteiger partial charge in [-0.15, -0.1) is 0 Å². The molecule has 1 aromatic carbocycles. The summed E-state index contributed by atoms with van der Waals surface area (Å²) in [5.74, 6) is -3.45. The Morgan fingerprint density at radius 1 is 1.33 bits per heavy atom. The minimum atomic E-state index is -4.64. The van der Waals surface area contributed by atoms with E-state index in [0.717, 1.165) is 6.07 Å². The number of rotatable bonds is 6. The van der Waals surface area contributed by atoms with Gasteiger partial charge in [0, 0.05) is 12.7 Å². The molecule has 6 nitrogen and oxygen atoms in total. The number of aromatic nitrogens is 2. The average Bonchev–Trinajstić information content (AvgIpc) is 2.85. The first-order valence-electron chi connectivity index (χ1n) is 6.04. The maximum absolute atomic E-state index is 12.6. The molecule has 0 bridgehead atoms. The lowest BCUT2D eigenvalue weighted by Gasteiger charge is -2.12. The number of para-hydroxylation sites is 1. The Bertz CT molecular complexity index is 716. The summed E-state index contributed by atoms with van der Waals surface area (Å²) in [4.78, 5) is -0.417. The van der Waals surface area contributed by atoms with Crippen molar-refractivity contribution in [2.24, 2.45) is 0 Å². The van der Waals surface area contributed by atoms with Crippen LogP contribution in [-0.2, 0) is 16.4 Å². The summed E-state index contributed by atoms with van der Waals surface area (Å²) in [5.41, 5.74) is 6.16. The molecule has 2 aromatic rings. The SMILES string of the molecule is Nc1cnn(CCNc2ccccc2S(=O)(=O)C(F)F)c1. The van der Waals surface area contributed by atoms with Gasteiger partial charge in [-0.2, -0.15) is 13.9 Å². The van der Waals surface area contributed by atoms with E-state index >= 15 is 0 Å². The summed E-state index contributed by atoms with van der Waals surface area (Å²) < 4.78 is 49.9. The number of nitrogens with one attached hydrogen (secondary N) is 1. The first kappa shape index (κ1) is 15.2. The fraction of sp³-hybridized carbons (Fsp3) is 0.250. The second-order valence-electron chi connectivity index (χ2n) is 4.27. The van der Waals surface area contributed by atoms with E-state index in [1.54, 1.807) is 16.9 Å². The molecule has 1 aromatic heterocycles. The second kappa shape index (κ2) is 6.08. The van der Waals surface area contributed by atoms with Crippen LogP contribution in [0.4, 0.5) is 20.2 Å². The van der Waals surface area contributed by atoms with Crippen LogP contribution in [0.3, 0.4) is 0 Å². The predicted octanol–water partition coefficient (Wildman–Crippen LogP) is 1.57. The van der Waals surface area contributed by atoms with Gasteiger partial charge in [0.1, 0.15) is 0 Å². The van der Waals surface area contributed by atoms with Crippen molar-refractivity contribution in [2.75, 3.05) is 17.6 Å². The predicted molar refractivity (Wildman–Crippen MR) is 74.8 cm³/mol. The highest BCUT2D eigenvalue weighted by atomic mass is 32.2. The number of nitrogens with zero attached hydrogens (tertiary/aromatic N) is 2. The van der Waals surface area contributed by atoms with Gasteiger partial charge < -0.3 is 11.1 Å². The third-order valence-corrected chi connectivity index (χ3v) is 4.18. The van der Waals surface area contributed by atoms with E-state index in [4.69, 9.17) is 5.73 Å². The Morgan fingerprint density at radius 3 is 2.67 bits per heavy atom. The largest absolute Gasteiger partial charge is 0.396 e. The maximum Gasteiger partial charge on any atom is 0.341 e. The lowest BCUT2D eigenvalue weighted by atomic mass is 10.3. The quantitative estimate of drug-likeness (QED) is 0.844. The van der Waals surface area contributed by atoms with E-state index < -0.39 is 20.5 Å². The number of sulfone groups is 1. The van der Waals surface area contributed by atoms with Crippen LogP contribution >= 0.6 is 0 Å². The fourth-order valence-electron chi connectivity index (χ4n) is 1.76. The van der Waals surface area contributed by atoms with Crippen LogP contribution in [0.5, 0.6) is 0 Å². The van der Waals surface area contributed by atoms with Gasteiger partial charge in [0.15, 0.2) is 0 Å². The fourth-order valence-corrected chi connectivity index (χ4v) is 2.67. The highest BCUT2D eigenvalue weighted by Gasteiger charge is 2.28. The third kappa shape index (κ3) is 3.48. The standard InChI is InChI=1S/C12H14F2N4O2S/c13-12(14)21(19,20)11-4-2-1-3-10(11)16-5-6-18-8-9(15)7-17-18/h1-4,7-8,12,16H,5-6,15H2. The van der Waals surface area contributed by atoms with E-state index in [9.17, 15) is 17.2 Å². The van der Waals surface area contributed by atoms with Gasteiger partial charge in [-0.05, 0) is 12.1 Å². The van der Waals surface area contributed by atoms with Crippen molar-refractivity contribution >= 4 is 21.2 Å². The number of halogens is 2. The van der Waals surface area contributed by atoms with Crippen LogP contribution in [0, 0.1) is 0 Å². The summed E-state index contributed by atoms with van der Waals surface area (Å²) in [6, 6.07) is 5.55. The smallest absolute Gasteiger partial charge is 0.341 e. The van der Waals surface area contributed by atoms with E-state index in [1.165, 1.54) is 18.3 Å². The molecule has 0 radical (unpaired) electrons. The van der Waals surface area contributed by atoms with Crippen molar-refractivity contribution in [3.05, 3.63) is 36.7 Å². The number of anilines is 2. The summed E-state index contributed by atoms with van der Waals surface area (Å²) in [7, 11) is -4.64. The molecule has 0 unspecified atom stereocenters. The summed E-state index contributed by atoms with van der Waals surface area (Å²) >= 11 is 0. The molecule has 0 fully saturated rings. The molecule has 114 valence electrons. The molecule has 21 heavy (non-hydrogen) atoms. The molecule has 0 aliphatic carbocycles. The lowest BCUT2D eigenvalue weighted by molar-refractivity contribution is 0.235. The van der Waals surface area contributed by atoms with E-state index in [-0.39, 0.29) is 5.69 Å². The zero-order chi connectivity index (χ0) is 15.5. The molecule has 0 amide bonds. The Balaban J connectivity index is 2.10. The van der Waals surface area contributed by atoms with Crippen LogP contribution in [0.25, 0.3) is 0 Å². The third-order valence-electron chi connectivity index (χ3n) is 2.74. The van der Waals surface area contributed by atoms with Crippen LogP contribution < -0.4 is 11.1 Å². The molecule has 0 aliphatic heterocycles. The minimum absolute atomic E-state index is 0.137. The summed E-state index contributed by atoms with van der Waals surface area (Å²) in [5, 5.41) is 6.78. The topological polar surface area (TPSA) is 90.0 Å². The average molecular weight is 316 g/mol. The van der Waals surface area contributed by atoms with Gasteiger partial charge in [0.25, 0.3) is 0 Å². The van der Waals surface area contributed by atoms with E-state index in [1.807, 2.05) is 0 Å². The van der Waals surface area contributed by atoms with Gasteiger partial charge in [-0.1, -0.05) is 12.1 Å². The van der Waals surface area contributed by atoms with Crippen LogP contribution in [0.2, 0.25) is 0 Å². The number of hydrogen-bond acceptors (Lipinski definition) is 5. The number of nitrogen functional groups attached to an aromatic ring is 1. The van der Waals surface area contributed by atoms with Gasteiger partial charge in [0.2, 0.25) is 9.84 Å². The molecule has 1 heterocycles. The molecule has 0 atom stereocenters. The first-order valence-corrected chi connectivity index (χ1v) is 7.59. The molecule has 0 spiro atoms. The highest BCUT2D eigenvalue weighted by molar-refractivity contribution is 7.91. The number of hydrogen-bond donors (Lipinski definition) is 2. The minimum Gasteiger partial charge on any atom is -0.396 e. The Hall–Kier alpha value is -2.16. The van der Waals surface area contributed by atoms with E-state index in [0.29, 0.717) is 18.8 Å². The first-order chi connectivity index (χ1) is 9.91. The van der Waals surface area contributed by atoms with Crippen LogP contribution in [0.15, 0.2) is 41.6 Å². The van der Waals surface area contributed by atoms with Crippen LogP contribution in [-0.4, -0.2) is 30.5 Å². The maximum atomic E-state index is 12.6. The molecular weight excluding hydrogens is 302 g/mol. The van der Waals surface area contributed by atoms with Gasteiger partial charge >= 0.3 is 5.76 Å². The molecular formula is C12H14F2N4O2S. The van der Waals surface area contributed by atoms with E-state index in [2.05, 4.69) is 10.4 Å². The van der Waals surface area contributed by atoms with Crippen molar-refractivity contribution in [1.82, 2.24) is 9.78 Å².